The number of ether oxygens (including phenoxy) is 1. The first-order valence-electron chi connectivity index (χ1n) is 7.71. The fourth-order valence-electron chi connectivity index (χ4n) is 2.83. The van der Waals surface area contributed by atoms with Crippen LogP contribution in [0, 0.1) is 5.82 Å². The van der Waals surface area contributed by atoms with Gasteiger partial charge in [0, 0.05) is 5.56 Å². The molecule has 0 aliphatic carbocycles. The topological polar surface area (TPSA) is 46.6 Å². The van der Waals surface area contributed by atoms with Gasteiger partial charge in [-0.1, -0.05) is 30.3 Å². The molecule has 24 heavy (non-hydrogen) atoms. The van der Waals surface area contributed by atoms with Gasteiger partial charge in [0.15, 0.2) is 0 Å². The summed E-state index contributed by atoms with van der Waals surface area (Å²) < 4.78 is 19.2. The second-order valence-corrected chi connectivity index (χ2v) is 6.39. The number of rotatable bonds is 5. The van der Waals surface area contributed by atoms with E-state index in [1.54, 1.807) is 56.3 Å². The first-order chi connectivity index (χ1) is 11.4. The van der Waals surface area contributed by atoms with E-state index in [0.717, 1.165) is 0 Å². The molecule has 2 aromatic rings. The fourth-order valence-corrected chi connectivity index (χ4v) is 2.83. The van der Waals surface area contributed by atoms with Crippen LogP contribution in [0.25, 0.3) is 0 Å². The number of hydrogen-bond acceptors (Lipinski definition) is 3. The van der Waals surface area contributed by atoms with Crippen LogP contribution >= 0.6 is 0 Å². The molecule has 0 fully saturated rings. The summed E-state index contributed by atoms with van der Waals surface area (Å²) in [5, 5.41) is 0. The third-order valence-electron chi connectivity index (χ3n) is 4.07. The summed E-state index contributed by atoms with van der Waals surface area (Å²) in [7, 11) is 0. The molecule has 2 aromatic carbocycles. The minimum atomic E-state index is -0.835. The highest BCUT2D eigenvalue weighted by atomic mass is 19.1. The Morgan fingerprint density at radius 2 is 1.50 bits per heavy atom. The van der Waals surface area contributed by atoms with Crippen molar-refractivity contribution in [2.75, 3.05) is 6.61 Å². The van der Waals surface area contributed by atoms with Gasteiger partial charge in [-0.2, -0.15) is 0 Å². The summed E-state index contributed by atoms with van der Waals surface area (Å²) in [6, 6.07) is 13.1. The third-order valence-corrected chi connectivity index (χ3v) is 4.07. The number of benzene rings is 2. The van der Waals surface area contributed by atoms with Gasteiger partial charge in [0.1, 0.15) is 5.82 Å². The first-order valence-corrected chi connectivity index (χ1v) is 7.71. The number of carbonyl (C=O) groups is 2. The van der Waals surface area contributed by atoms with Crippen LogP contribution in [0.4, 0.5) is 4.39 Å². The van der Waals surface area contributed by atoms with Crippen LogP contribution in [-0.2, 0) is 11.3 Å². The molecule has 0 bridgehead atoms. The summed E-state index contributed by atoms with van der Waals surface area (Å²) in [5.74, 6) is -0.985. The van der Waals surface area contributed by atoms with Crippen LogP contribution in [-0.4, -0.2) is 28.9 Å². The highest BCUT2D eigenvalue weighted by Gasteiger charge is 2.43. The molecule has 1 heterocycles. The van der Waals surface area contributed by atoms with Crippen molar-refractivity contribution < 1.29 is 18.7 Å². The Balaban J connectivity index is 1.71. The minimum absolute atomic E-state index is 0.0826. The van der Waals surface area contributed by atoms with Gasteiger partial charge < -0.3 is 4.74 Å². The van der Waals surface area contributed by atoms with Crippen molar-refractivity contribution in [1.29, 1.82) is 0 Å². The number of nitrogens with zero attached hydrogens (tertiary/aromatic N) is 1. The van der Waals surface area contributed by atoms with Gasteiger partial charge in [-0.25, -0.2) is 4.39 Å². The Morgan fingerprint density at radius 3 is 2.08 bits per heavy atom. The molecular formula is C19H18FNO3. The molecule has 124 valence electrons. The number of imide groups is 1. The quantitative estimate of drug-likeness (QED) is 0.791. The number of carbonyl (C=O) groups excluding carboxylic acids is 2. The molecule has 0 saturated carbocycles. The van der Waals surface area contributed by atoms with E-state index >= 15 is 0 Å². The van der Waals surface area contributed by atoms with E-state index in [9.17, 15) is 14.0 Å². The van der Waals surface area contributed by atoms with Crippen molar-refractivity contribution >= 4 is 11.8 Å². The average Bonchev–Trinajstić information content (AvgIpc) is 2.81. The van der Waals surface area contributed by atoms with Gasteiger partial charge in [-0.05, 0) is 32.0 Å². The lowest BCUT2D eigenvalue weighted by Crippen LogP contribution is -2.50. The van der Waals surface area contributed by atoms with Crippen LogP contribution in [0.1, 0.15) is 40.1 Å². The molecule has 0 spiro atoms. The van der Waals surface area contributed by atoms with E-state index in [4.69, 9.17) is 4.74 Å². The molecule has 0 atom stereocenters. The van der Waals surface area contributed by atoms with Gasteiger partial charge in [-0.15, -0.1) is 0 Å². The van der Waals surface area contributed by atoms with Crippen LogP contribution in [0.3, 0.4) is 0 Å². The van der Waals surface area contributed by atoms with E-state index in [0.29, 0.717) is 16.7 Å². The number of hydrogen-bond donors (Lipinski definition) is 0. The maximum atomic E-state index is 13.6. The lowest BCUT2D eigenvalue weighted by atomic mass is 10.0. The zero-order valence-electron chi connectivity index (χ0n) is 13.6. The molecule has 0 radical (unpaired) electrons. The maximum Gasteiger partial charge on any atom is 0.262 e. The Kier molecular flexibility index (Phi) is 4.20. The molecule has 4 nitrogen and oxygen atoms in total. The van der Waals surface area contributed by atoms with Gasteiger partial charge >= 0.3 is 0 Å². The van der Waals surface area contributed by atoms with E-state index in [1.807, 2.05) is 0 Å². The molecule has 0 N–H and O–H groups in total. The second-order valence-electron chi connectivity index (χ2n) is 6.39. The molecule has 3 rings (SSSR count). The number of amides is 2. The standard InChI is InChI=1S/C19H18FNO3/c1-19(2,12-24-11-13-7-3-6-10-16(13)20)21-17(22)14-8-4-5-9-15(14)18(21)23/h3-10H,11-12H2,1-2H3. The Labute approximate surface area is 139 Å². The monoisotopic (exact) mass is 327 g/mol. The molecule has 0 aromatic heterocycles. The number of fused-ring (bicyclic) bond motifs is 1. The van der Waals surface area contributed by atoms with Crippen molar-refractivity contribution in [1.82, 2.24) is 4.90 Å². The second kappa shape index (κ2) is 6.17. The van der Waals surface area contributed by atoms with E-state index in [2.05, 4.69) is 0 Å². The van der Waals surface area contributed by atoms with Gasteiger partial charge in [0.05, 0.1) is 29.9 Å². The Bertz CT molecular complexity index is 766. The van der Waals surface area contributed by atoms with Crippen molar-refractivity contribution in [3.05, 3.63) is 71.0 Å². The van der Waals surface area contributed by atoms with Crippen LogP contribution in [0.5, 0.6) is 0 Å². The van der Waals surface area contributed by atoms with Crippen LogP contribution in [0.15, 0.2) is 48.5 Å². The first kappa shape index (κ1) is 16.3. The zero-order chi connectivity index (χ0) is 17.3. The number of halogens is 1. The summed E-state index contributed by atoms with van der Waals surface area (Å²) in [4.78, 5) is 26.3. The van der Waals surface area contributed by atoms with Gasteiger partial charge in [0.2, 0.25) is 0 Å². The zero-order valence-corrected chi connectivity index (χ0v) is 13.6. The fraction of sp³-hybridized carbons (Fsp3) is 0.263. The van der Waals surface area contributed by atoms with E-state index < -0.39 is 5.54 Å². The average molecular weight is 327 g/mol. The van der Waals surface area contributed by atoms with E-state index in [1.165, 1.54) is 11.0 Å². The van der Waals surface area contributed by atoms with Gasteiger partial charge in [-0.3, -0.25) is 14.5 Å². The predicted molar refractivity (Wildman–Crippen MR) is 87.1 cm³/mol. The molecule has 1 aliphatic rings. The Morgan fingerprint density at radius 1 is 0.958 bits per heavy atom. The molecule has 5 heteroatoms. The smallest absolute Gasteiger partial charge is 0.262 e. The highest BCUT2D eigenvalue weighted by molar-refractivity contribution is 6.21. The van der Waals surface area contributed by atoms with Crippen molar-refractivity contribution in [2.24, 2.45) is 0 Å². The summed E-state index contributed by atoms with van der Waals surface area (Å²) in [6.45, 7) is 3.72. The molecular weight excluding hydrogens is 309 g/mol. The normalized spacial score (nSPS) is 14.2. The van der Waals surface area contributed by atoms with Crippen molar-refractivity contribution in [2.45, 2.75) is 26.0 Å². The molecule has 0 unspecified atom stereocenters. The summed E-state index contributed by atoms with van der Waals surface area (Å²) in [6.07, 6.45) is 0. The largest absolute Gasteiger partial charge is 0.374 e. The van der Waals surface area contributed by atoms with Crippen molar-refractivity contribution in [3.8, 4) is 0 Å². The summed E-state index contributed by atoms with van der Waals surface area (Å²) in [5.41, 5.74) is 0.420. The van der Waals surface area contributed by atoms with E-state index in [-0.39, 0.29) is 30.8 Å². The predicted octanol–water partition coefficient (Wildman–Crippen LogP) is 3.42. The van der Waals surface area contributed by atoms with Gasteiger partial charge in [0.25, 0.3) is 11.8 Å². The molecule has 2 amide bonds. The lowest BCUT2D eigenvalue weighted by molar-refractivity contribution is 0.0112. The third kappa shape index (κ3) is 2.83. The van der Waals surface area contributed by atoms with Crippen LogP contribution in [0.2, 0.25) is 0 Å². The maximum absolute atomic E-state index is 13.6. The molecule has 0 saturated heterocycles. The summed E-state index contributed by atoms with van der Waals surface area (Å²) >= 11 is 0. The minimum Gasteiger partial charge on any atom is -0.374 e. The Hall–Kier alpha value is -2.53. The highest BCUT2D eigenvalue weighted by Crippen LogP contribution is 2.29. The SMILES string of the molecule is CC(C)(COCc1ccccc1F)N1C(=O)c2ccccc2C1=O. The van der Waals surface area contributed by atoms with Crippen molar-refractivity contribution in [3.63, 3.8) is 0 Å². The molecule has 1 aliphatic heterocycles. The lowest BCUT2D eigenvalue weighted by Gasteiger charge is -2.33. The van der Waals surface area contributed by atoms with Crippen LogP contribution < -0.4 is 0 Å².